The molecule has 0 unspecified atom stereocenters. The van der Waals surface area contributed by atoms with Gasteiger partial charge in [0.2, 0.25) is 0 Å². The standard InChI is InChI=1S/C14H14O3S/c1-17-14(16)13-10(7-8-12(13)15)9-18-11-5-3-2-4-6-11/h2-6H,7-9H2,1H3. The van der Waals surface area contributed by atoms with Crippen molar-refractivity contribution in [1.29, 1.82) is 0 Å². The van der Waals surface area contributed by atoms with Gasteiger partial charge in [-0.3, -0.25) is 4.79 Å². The van der Waals surface area contributed by atoms with Crippen LogP contribution < -0.4 is 0 Å². The summed E-state index contributed by atoms with van der Waals surface area (Å²) in [6.07, 6.45) is 1.10. The number of ether oxygens (including phenoxy) is 1. The van der Waals surface area contributed by atoms with Gasteiger partial charge in [0.25, 0.3) is 0 Å². The molecule has 0 aromatic heterocycles. The Kier molecular flexibility index (Phi) is 4.20. The minimum atomic E-state index is -0.499. The predicted octanol–water partition coefficient (Wildman–Crippen LogP) is 2.61. The molecule has 0 atom stereocenters. The van der Waals surface area contributed by atoms with Gasteiger partial charge in [-0.1, -0.05) is 18.2 Å². The Labute approximate surface area is 110 Å². The normalized spacial score (nSPS) is 15.1. The van der Waals surface area contributed by atoms with Gasteiger partial charge in [0.15, 0.2) is 5.78 Å². The van der Waals surface area contributed by atoms with Gasteiger partial charge in [-0.2, -0.15) is 0 Å². The summed E-state index contributed by atoms with van der Waals surface area (Å²) in [5, 5.41) is 0. The highest BCUT2D eigenvalue weighted by Gasteiger charge is 2.29. The molecule has 1 aliphatic carbocycles. The number of Topliss-reactive ketones (excluding diaryl/α,β-unsaturated/α-hetero) is 1. The topological polar surface area (TPSA) is 43.4 Å². The lowest BCUT2D eigenvalue weighted by atomic mass is 10.2. The van der Waals surface area contributed by atoms with Crippen LogP contribution in [-0.2, 0) is 14.3 Å². The molecule has 2 rings (SSSR count). The molecule has 0 heterocycles. The maximum absolute atomic E-state index is 11.6. The highest BCUT2D eigenvalue weighted by molar-refractivity contribution is 7.99. The minimum absolute atomic E-state index is 0.0921. The molecule has 0 bridgehead atoms. The number of thioether (sulfide) groups is 1. The largest absolute Gasteiger partial charge is 0.465 e. The van der Waals surface area contributed by atoms with Crippen LogP contribution in [0.5, 0.6) is 0 Å². The minimum Gasteiger partial charge on any atom is -0.465 e. The third-order valence-corrected chi connectivity index (χ3v) is 3.93. The summed E-state index contributed by atoms with van der Waals surface area (Å²) in [6.45, 7) is 0. The van der Waals surface area contributed by atoms with Gasteiger partial charge in [-0.25, -0.2) is 4.79 Å². The van der Waals surface area contributed by atoms with E-state index in [1.54, 1.807) is 11.8 Å². The Balaban J connectivity index is 2.10. The van der Waals surface area contributed by atoms with Crippen LogP contribution in [0.25, 0.3) is 0 Å². The molecule has 0 N–H and O–H groups in total. The molecule has 3 nitrogen and oxygen atoms in total. The summed E-state index contributed by atoms with van der Waals surface area (Å²) in [5.41, 5.74) is 1.17. The third-order valence-electron chi connectivity index (χ3n) is 2.83. The van der Waals surface area contributed by atoms with Crippen molar-refractivity contribution >= 4 is 23.5 Å². The summed E-state index contributed by atoms with van der Waals surface area (Å²) in [7, 11) is 1.31. The average Bonchev–Trinajstić information content (AvgIpc) is 2.78. The fraction of sp³-hybridized carbons (Fsp3) is 0.286. The van der Waals surface area contributed by atoms with Gasteiger partial charge in [-0.05, 0) is 24.1 Å². The molecule has 1 aromatic carbocycles. The molecule has 0 saturated carbocycles. The zero-order valence-corrected chi connectivity index (χ0v) is 11.0. The lowest BCUT2D eigenvalue weighted by molar-refractivity contribution is -0.137. The average molecular weight is 262 g/mol. The number of ketones is 1. The van der Waals surface area contributed by atoms with Crippen LogP contribution in [0.1, 0.15) is 12.8 Å². The van der Waals surface area contributed by atoms with Crippen molar-refractivity contribution < 1.29 is 14.3 Å². The van der Waals surface area contributed by atoms with Gasteiger partial charge in [0.05, 0.1) is 7.11 Å². The lowest BCUT2D eigenvalue weighted by Crippen LogP contribution is -2.12. The van der Waals surface area contributed by atoms with Crippen LogP contribution in [0.3, 0.4) is 0 Å². The number of carbonyl (C=O) groups is 2. The molecule has 0 aliphatic heterocycles. The molecule has 0 fully saturated rings. The van der Waals surface area contributed by atoms with Gasteiger partial charge in [-0.15, -0.1) is 11.8 Å². The van der Waals surface area contributed by atoms with Crippen molar-refractivity contribution in [2.24, 2.45) is 0 Å². The van der Waals surface area contributed by atoms with Crippen LogP contribution in [0.15, 0.2) is 46.4 Å². The fourth-order valence-corrected chi connectivity index (χ4v) is 2.88. The van der Waals surface area contributed by atoms with Crippen molar-refractivity contribution in [3.8, 4) is 0 Å². The number of carbonyl (C=O) groups excluding carboxylic acids is 2. The van der Waals surface area contributed by atoms with E-state index in [1.807, 2.05) is 30.3 Å². The molecular formula is C14H14O3S. The molecule has 1 aliphatic rings. The van der Waals surface area contributed by atoms with E-state index in [2.05, 4.69) is 4.74 Å². The van der Waals surface area contributed by atoms with Crippen LogP contribution in [0.2, 0.25) is 0 Å². The van der Waals surface area contributed by atoms with E-state index in [1.165, 1.54) is 7.11 Å². The maximum Gasteiger partial charge on any atom is 0.341 e. The molecule has 94 valence electrons. The summed E-state index contributed by atoms with van der Waals surface area (Å²) < 4.78 is 4.66. The Morgan fingerprint density at radius 2 is 2.00 bits per heavy atom. The monoisotopic (exact) mass is 262 g/mol. The number of benzene rings is 1. The van der Waals surface area contributed by atoms with Crippen LogP contribution in [0.4, 0.5) is 0 Å². The van der Waals surface area contributed by atoms with Crippen molar-refractivity contribution in [3.63, 3.8) is 0 Å². The molecule has 0 radical (unpaired) electrons. The summed E-state index contributed by atoms with van der Waals surface area (Å²) >= 11 is 1.63. The van der Waals surface area contributed by atoms with E-state index in [0.717, 1.165) is 10.5 Å². The molecule has 1 aromatic rings. The zero-order chi connectivity index (χ0) is 13.0. The second-order valence-electron chi connectivity index (χ2n) is 4.00. The second kappa shape index (κ2) is 5.87. The number of methoxy groups -OCH3 is 1. The van der Waals surface area contributed by atoms with E-state index in [-0.39, 0.29) is 11.4 Å². The highest BCUT2D eigenvalue weighted by atomic mass is 32.2. The van der Waals surface area contributed by atoms with E-state index in [0.29, 0.717) is 18.6 Å². The van der Waals surface area contributed by atoms with Crippen molar-refractivity contribution in [1.82, 2.24) is 0 Å². The van der Waals surface area contributed by atoms with Gasteiger partial charge in [0, 0.05) is 17.1 Å². The first-order valence-corrected chi connectivity index (χ1v) is 6.72. The van der Waals surface area contributed by atoms with Crippen LogP contribution in [-0.4, -0.2) is 24.6 Å². The van der Waals surface area contributed by atoms with Crippen LogP contribution in [0, 0.1) is 0 Å². The Morgan fingerprint density at radius 1 is 1.28 bits per heavy atom. The number of hydrogen-bond donors (Lipinski definition) is 0. The van der Waals surface area contributed by atoms with E-state index in [4.69, 9.17) is 0 Å². The summed E-state index contributed by atoms with van der Waals surface area (Å²) in [5.74, 6) is 0.0758. The summed E-state index contributed by atoms with van der Waals surface area (Å²) in [4.78, 5) is 24.3. The van der Waals surface area contributed by atoms with Gasteiger partial charge >= 0.3 is 5.97 Å². The first kappa shape index (κ1) is 12.9. The summed E-state index contributed by atoms with van der Waals surface area (Å²) in [6, 6.07) is 9.93. The lowest BCUT2D eigenvalue weighted by Gasteiger charge is -2.05. The Hall–Kier alpha value is -1.55. The molecular weight excluding hydrogens is 248 g/mol. The smallest absolute Gasteiger partial charge is 0.341 e. The third kappa shape index (κ3) is 2.82. The first-order valence-electron chi connectivity index (χ1n) is 5.73. The molecule has 0 spiro atoms. The first-order chi connectivity index (χ1) is 8.72. The van der Waals surface area contributed by atoms with E-state index >= 15 is 0 Å². The highest BCUT2D eigenvalue weighted by Crippen LogP contribution is 2.29. The fourth-order valence-electron chi connectivity index (χ4n) is 1.90. The molecule has 4 heteroatoms. The SMILES string of the molecule is COC(=O)C1=C(CSc2ccccc2)CCC1=O. The maximum atomic E-state index is 11.6. The Morgan fingerprint density at radius 3 is 2.67 bits per heavy atom. The van der Waals surface area contributed by atoms with Crippen LogP contribution >= 0.6 is 11.8 Å². The molecule has 0 amide bonds. The van der Waals surface area contributed by atoms with Gasteiger partial charge in [0.1, 0.15) is 5.57 Å². The van der Waals surface area contributed by atoms with Crippen molar-refractivity contribution in [3.05, 3.63) is 41.5 Å². The van der Waals surface area contributed by atoms with Gasteiger partial charge < -0.3 is 4.74 Å². The second-order valence-corrected chi connectivity index (χ2v) is 5.04. The zero-order valence-electron chi connectivity index (χ0n) is 10.1. The molecule has 18 heavy (non-hydrogen) atoms. The number of rotatable bonds is 4. The predicted molar refractivity (Wildman–Crippen MR) is 70.4 cm³/mol. The number of hydrogen-bond acceptors (Lipinski definition) is 4. The quantitative estimate of drug-likeness (QED) is 0.475. The van der Waals surface area contributed by atoms with E-state index < -0.39 is 5.97 Å². The number of esters is 1. The molecule has 0 saturated heterocycles. The van der Waals surface area contributed by atoms with E-state index in [9.17, 15) is 9.59 Å². The van der Waals surface area contributed by atoms with Crippen molar-refractivity contribution in [2.75, 3.05) is 12.9 Å². The van der Waals surface area contributed by atoms with Crippen molar-refractivity contribution in [2.45, 2.75) is 17.7 Å². The Bertz CT molecular complexity index is 491.